The molecular formula is C22H27NO4. The minimum atomic E-state index is -0.604. The SMILES string of the molecule is COc1ccc2c(c1)C(NC(=O)C(C)Oc1ccc(C)cc1)CC(C)(C)O2. The summed E-state index contributed by atoms with van der Waals surface area (Å²) in [4.78, 5) is 12.7. The fourth-order valence-corrected chi connectivity index (χ4v) is 3.25. The standard InChI is InChI=1S/C22H27NO4/c1-14-6-8-16(9-7-14)26-15(2)21(24)23-19-13-22(3,4)27-20-11-10-17(25-5)12-18(19)20/h6-12,15,19H,13H2,1-5H3,(H,23,24). The summed E-state index contributed by atoms with van der Waals surface area (Å²) in [5.41, 5.74) is 1.69. The number of hydrogen-bond acceptors (Lipinski definition) is 4. The van der Waals surface area contributed by atoms with E-state index in [-0.39, 0.29) is 17.6 Å². The van der Waals surface area contributed by atoms with Crippen LogP contribution in [-0.4, -0.2) is 24.7 Å². The van der Waals surface area contributed by atoms with Gasteiger partial charge in [0, 0.05) is 12.0 Å². The van der Waals surface area contributed by atoms with Crippen molar-refractivity contribution in [2.24, 2.45) is 0 Å². The predicted octanol–water partition coefficient (Wildman–Crippen LogP) is 4.19. The lowest BCUT2D eigenvalue weighted by atomic mass is 9.89. The Morgan fingerprint density at radius 2 is 1.85 bits per heavy atom. The number of aryl methyl sites for hydroxylation is 1. The second kappa shape index (κ2) is 7.51. The molecule has 0 saturated heterocycles. The summed E-state index contributed by atoms with van der Waals surface area (Å²) in [5.74, 6) is 2.02. The molecule has 1 amide bonds. The van der Waals surface area contributed by atoms with E-state index in [0.29, 0.717) is 12.2 Å². The van der Waals surface area contributed by atoms with Crippen molar-refractivity contribution in [3.05, 3.63) is 53.6 Å². The molecule has 1 aliphatic heterocycles. The van der Waals surface area contributed by atoms with Crippen LogP contribution in [0.15, 0.2) is 42.5 Å². The third-order valence-electron chi connectivity index (χ3n) is 4.69. The molecule has 0 aliphatic carbocycles. The molecule has 0 saturated carbocycles. The molecule has 2 atom stereocenters. The van der Waals surface area contributed by atoms with E-state index in [1.807, 2.05) is 63.2 Å². The Kier molecular flexibility index (Phi) is 5.31. The van der Waals surface area contributed by atoms with Gasteiger partial charge in [0.25, 0.3) is 5.91 Å². The molecule has 3 rings (SSSR count). The number of rotatable bonds is 5. The maximum absolute atomic E-state index is 12.7. The van der Waals surface area contributed by atoms with Gasteiger partial charge in [-0.2, -0.15) is 0 Å². The van der Waals surface area contributed by atoms with E-state index >= 15 is 0 Å². The molecule has 5 heteroatoms. The first-order valence-electron chi connectivity index (χ1n) is 9.18. The predicted molar refractivity (Wildman–Crippen MR) is 104 cm³/mol. The van der Waals surface area contributed by atoms with Crippen molar-refractivity contribution < 1.29 is 19.0 Å². The van der Waals surface area contributed by atoms with E-state index in [1.54, 1.807) is 14.0 Å². The summed E-state index contributed by atoms with van der Waals surface area (Å²) in [6.07, 6.45) is 0.0589. The number of nitrogens with one attached hydrogen (secondary N) is 1. The van der Waals surface area contributed by atoms with Crippen molar-refractivity contribution in [1.29, 1.82) is 0 Å². The molecule has 144 valence electrons. The molecule has 5 nitrogen and oxygen atoms in total. The summed E-state index contributed by atoms with van der Waals surface area (Å²) in [6, 6.07) is 13.2. The number of carbonyl (C=O) groups excluding carboxylic acids is 1. The number of hydrogen-bond donors (Lipinski definition) is 1. The molecule has 2 aromatic rings. The van der Waals surface area contributed by atoms with E-state index in [4.69, 9.17) is 14.2 Å². The van der Waals surface area contributed by atoms with Gasteiger partial charge in [-0.3, -0.25) is 4.79 Å². The van der Waals surface area contributed by atoms with Crippen molar-refractivity contribution >= 4 is 5.91 Å². The quantitative estimate of drug-likeness (QED) is 0.859. The largest absolute Gasteiger partial charge is 0.497 e. The first-order chi connectivity index (χ1) is 12.8. The van der Waals surface area contributed by atoms with Crippen LogP contribution in [-0.2, 0) is 4.79 Å². The van der Waals surface area contributed by atoms with Gasteiger partial charge in [-0.25, -0.2) is 0 Å². The maximum Gasteiger partial charge on any atom is 0.261 e. The smallest absolute Gasteiger partial charge is 0.261 e. The molecule has 0 fully saturated rings. The van der Waals surface area contributed by atoms with Crippen LogP contribution in [0.2, 0.25) is 0 Å². The number of ether oxygens (including phenoxy) is 3. The highest BCUT2D eigenvalue weighted by molar-refractivity contribution is 5.81. The van der Waals surface area contributed by atoms with E-state index < -0.39 is 6.10 Å². The minimum Gasteiger partial charge on any atom is -0.497 e. The van der Waals surface area contributed by atoms with Crippen LogP contribution in [0.3, 0.4) is 0 Å². The third kappa shape index (κ3) is 4.54. The zero-order chi connectivity index (χ0) is 19.6. The topological polar surface area (TPSA) is 56.8 Å². The average molecular weight is 369 g/mol. The number of methoxy groups -OCH3 is 1. The van der Waals surface area contributed by atoms with Crippen LogP contribution < -0.4 is 19.5 Å². The van der Waals surface area contributed by atoms with Crippen LogP contribution in [0, 0.1) is 6.92 Å². The number of carbonyl (C=O) groups is 1. The normalized spacial score (nSPS) is 18.6. The second-order valence-electron chi connectivity index (χ2n) is 7.60. The van der Waals surface area contributed by atoms with Crippen molar-refractivity contribution in [3.63, 3.8) is 0 Å². The van der Waals surface area contributed by atoms with Gasteiger partial charge < -0.3 is 19.5 Å². The number of fused-ring (bicyclic) bond motifs is 1. The molecule has 1 heterocycles. The Morgan fingerprint density at radius 3 is 2.52 bits per heavy atom. The highest BCUT2D eigenvalue weighted by Gasteiger charge is 2.35. The summed E-state index contributed by atoms with van der Waals surface area (Å²) in [7, 11) is 1.63. The van der Waals surface area contributed by atoms with Crippen molar-refractivity contribution in [2.75, 3.05) is 7.11 Å². The van der Waals surface area contributed by atoms with Gasteiger partial charge in [-0.05, 0) is 58.0 Å². The molecule has 1 aliphatic rings. The molecule has 0 bridgehead atoms. The zero-order valence-electron chi connectivity index (χ0n) is 16.5. The molecule has 2 aromatic carbocycles. The fourth-order valence-electron chi connectivity index (χ4n) is 3.25. The lowest BCUT2D eigenvalue weighted by Gasteiger charge is -2.38. The summed E-state index contributed by atoms with van der Waals surface area (Å²) < 4.78 is 17.2. The van der Waals surface area contributed by atoms with E-state index in [1.165, 1.54) is 0 Å². The Morgan fingerprint density at radius 1 is 1.19 bits per heavy atom. The maximum atomic E-state index is 12.7. The Hall–Kier alpha value is -2.69. The summed E-state index contributed by atoms with van der Waals surface area (Å²) in [5, 5.41) is 3.11. The number of benzene rings is 2. The van der Waals surface area contributed by atoms with Crippen molar-refractivity contribution in [3.8, 4) is 17.2 Å². The van der Waals surface area contributed by atoms with Crippen LogP contribution in [0.4, 0.5) is 0 Å². The van der Waals surface area contributed by atoms with Crippen molar-refractivity contribution in [1.82, 2.24) is 5.32 Å². The first kappa shape index (κ1) is 19.1. The highest BCUT2D eigenvalue weighted by Crippen LogP contribution is 2.41. The van der Waals surface area contributed by atoms with Crippen LogP contribution in [0.1, 0.15) is 44.4 Å². The lowest BCUT2D eigenvalue weighted by Crippen LogP contribution is -2.44. The molecular weight excluding hydrogens is 342 g/mol. The van der Waals surface area contributed by atoms with Gasteiger partial charge in [0.15, 0.2) is 6.10 Å². The first-order valence-corrected chi connectivity index (χ1v) is 9.18. The van der Waals surface area contributed by atoms with E-state index in [2.05, 4.69) is 5.32 Å². The third-order valence-corrected chi connectivity index (χ3v) is 4.69. The molecule has 0 radical (unpaired) electrons. The van der Waals surface area contributed by atoms with Gasteiger partial charge in [0.05, 0.1) is 13.2 Å². The van der Waals surface area contributed by atoms with Crippen LogP contribution in [0.25, 0.3) is 0 Å². The molecule has 0 aromatic heterocycles. The molecule has 2 unspecified atom stereocenters. The minimum absolute atomic E-state index is 0.160. The van der Waals surface area contributed by atoms with Gasteiger partial charge in [-0.1, -0.05) is 17.7 Å². The Bertz CT molecular complexity index is 814. The van der Waals surface area contributed by atoms with Crippen LogP contribution in [0.5, 0.6) is 17.2 Å². The summed E-state index contributed by atoms with van der Waals surface area (Å²) >= 11 is 0. The zero-order valence-corrected chi connectivity index (χ0v) is 16.5. The van der Waals surface area contributed by atoms with Gasteiger partial charge >= 0.3 is 0 Å². The second-order valence-corrected chi connectivity index (χ2v) is 7.60. The van der Waals surface area contributed by atoms with Gasteiger partial charge in [-0.15, -0.1) is 0 Å². The summed E-state index contributed by atoms with van der Waals surface area (Å²) in [6.45, 7) is 7.81. The Labute approximate surface area is 160 Å². The Balaban J connectivity index is 1.75. The molecule has 27 heavy (non-hydrogen) atoms. The highest BCUT2D eigenvalue weighted by atomic mass is 16.5. The number of amides is 1. The lowest BCUT2D eigenvalue weighted by molar-refractivity contribution is -0.128. The molecule has 1 N–H and O–H groups in total. The van der Waals surface area contributed by atoms with E-state index in [9.17, 15) is 4.79 Å². The molecule has 0 spiro atoms. The van der Waals surface area contributed by atoms with Crippen molar-refractivity contribution in [2.45, 2.75) is 51.9 Å². The average Bonchev–Trinajstić information content (AvgIpc) is 2.62. The van der Waals surface area contributed by atoms with Gasteiger partial charge in [0.1, 0.15) is 22.8 Å². The fraction of sp³-hybridized carbons (Fsp3) is 0.409. The monoisotopic (exact) mass is 369 g/mol. The van der Waals surface area contributed by atoms with Crippen LogP contribution >= 0.6 is 0 Å². The van der Waals surface area contributed by atoms with Gasteiger partial charge in [0.2, 0.25) is 0 Å². The van der Waals surface area contributed by atoms with E-state index in [0.717, 1.165) is 22.6 Å².